The summed E-state index contributed by atoms with van der Waals surface area (Å²) in [6.07, 6.45) is 0.463. The van der Waals surface area contributed by atoms with Crippen molar-refractivity contribution in [3.8, 4) is 0 Å². The molecular weight excluding hydrogens is 274 g/mol. The Morgan fingerprint density at radius 3 is 2.86 bits per heavy atom. The molecule has 1 aromatic rings. The number of carbonyl (C=O) groups excluding carboxylic acids is 2. The molecule has 0 saturated carbocycles. The van der Waals surface area contributed by atoms with Crippen LogP contribution in [0.3, 0.4) is 0 Å². The minimum atomic E-state index is -0.855. The highest BCUT2D eigenvalue weighted by molar-refractivity contribution is 5.96. The maximum atomic E-state index is 12.0. The zero-order valence-electron chi connectivity index (χ0n) is 11.4. The van der Waals surface area contributed by atoms with Gasteiger partial charge in [0.05, 0.1) is 6.54 Å². The first-order valence-electron chi connectivity index (χ1n) is 6.66. The molecule has 1 unspecified atom stereocenters. The van der Waals surface area contributed by atoms with Crippen molar-refractivity contribution < 1.29 is 19.5 Å². The predicted molar refractivity (Wildman–Crippen MR) is 75.8 cm³/mol. The van der Waals surface area contributed by atoms with Crippen molar-refractivity contribution >= 4 is 23.5 Å². The lowest BCUT2D eigenvalue weighted by Gasteiger charge is -2.23. The molecule has 1 aliphatic heterocycles. The fraction of sp³-hybridized carbons (Fsp3) is 0.357. The number of hydrogen-bond acceptors (Lipinski definition) is 4. The van der Waals surface area contributed by atoms with Crippen LogP contribution in [0, 0.1) is 0 Å². The number of carboxylic acids is 1. The number of piperazine rings is 1. The lowest BCUT2D eigenvalue weighted by molar-refractivity contribution is -0.137. The molecule has 7 heteroatoms. The molecule has 1 atom stereocenters. The number of rotatable bonds is 5. The smallest absolute Gasteiger partial charge is 0.303 e. The Bertz CT molecular complexity index is 549. The van der Waals surface area contributed by atoms with E-state index in [0.717, 1.165) is 5.56 Å². The molecule has 1 saturated heterocycles. The summed E-state index contributed by atoms with van der Waals surface area (Å²) < 4.78 is 0. The molecule has 0 aliphatic carbocycles. The Morgan fingerprint density at radius 2 is 2.19 bits per heavy atom. The van der Waals surface area contributed by atoms with E-state index < -0.39 is 12.0 Å². The van der Waals surface area contributed by atoms with Gasteiger partial charge in [-0.25, -0.2) is 0 Å². The van der Waals surface area contributed by atoms with Crippen LogP contribution in [-0.4, -0.2) is 42.0 Å². The molecule has 1 aromatic carbocycles. The van der Waals surface area contributed by atoms with Crippen LogP contribution < -0.4 is 16.0 Å². The molecule has 0 bridgehead atoms. The molecule has 112 valence electrons. The van der Waals surface area contributed by atoms with E-state index in [1.807, 2.05) is 6.07 Å². The second-order valence-corrected chi connectivity index (χ2v) is 4.82. The summed E-state index contributed by atoms with van der Waals surface area (Å²) in [5.41, 5.74) is 1.46. The summed E-state index contributed by atoms with van der Waals surface area (Å²) in [6.45, 7) is 0.375. The van der Waals surface area contributed by atoms with Crippen LogP contribution in [0.5, 0.6) is 0 Å². The third kappa shape index (κ3) is 4.57. The van der Waals surface area contributed by atoms with Gasteiger partial charge >= 0.3 is 5.97 Å². The number of aryl methyl sites for hydroxylation is 1. The normalized spacial score (nSPS) is 17.9. The first-order chi connectivity index (χ1) is 10.0. The van der Waals surface area contributed by atoms with E-state index in [9.17, 15) is 14.4 Å². The van der Waals surface area contributed by atoms with E-state index in [-0.39, 0.29) is 31.3 Å². The van der Waals surface area contributed by atoms with Crippen molar-refractivity contribution in [2.45, 2.75) is 18.9 Å². The van der Waals surface area contributed by atoms with Gasteiger partial charge in [0.15, 0.2) is 0 Å². The number of hydrogen-bond donors (Lipinski definition) is 4. The molecule has 2 amide bonds. The van der Waals surface area contributed by atoms with Gasteiger partial charge in [-0.05, 0) is 24.1 Å². The highest BCUT2D eigenvalue weighted by Crippen LogP contribution is 2.13. The molecule has 21 heavy (non-hydrogen) atoms. The van der Waals surface area contributed by atoms with Gasteiger partial charge in [-0.3, -0.25) is 19.7 Å². The van der Waals surface area contributed by atoms with E-state index in [4.69, 9.17) is 5.11 Å². The number of benzene rings is 1. The second kappa shape index (κ2) is 6.85. The molecule has 1 heterocycles. The van der Waals surface area contributed by atoms with Crippen molar-refractivity contribution in [3.63, 3.8) is 0 Å². The number of amides is 2. The quantitative estimate of drug-likeness (QED) is 0.597. The van der Waals surface area contributed by atoms with Crippen molar-refractivity contribution in [2.75, 3.05) is 18.4 Å². The molecule has 0 spiro atoms. The van der Waals surface area contributed by atoms with E-state index in [0.29, 0.717) is 12.1 Å². The maximum Gasteiger partial charge on any atom is 0.303 e. The Hall–Kier alpha value is -2.41. The van der Waals surface area contributed by atoms with Crippen LogP contribution in [0.4, 0.5) is 5.69 Å². The van der Waals surface area contributed by atoms with Gasteiger partial charge in [0.25, 0.3) is 0 Å². The average Bonchev–Trinajstić information content (AvgIpc) is 2.46. The van der Waals surface area contributed by atoms with Crippen LogP contribution in [0.1, 0.15) is 12.0 Å². The lowest BCUT2D eigenvalue weighted by atomic mass is 10.1. The SMILES string of the molecule is O=C(O)CCc1cccc(NC(=O)C2CNC(=O)CN2)c1. The molecule has 4 N–H and O–H groups in total. The van der Waals surface area contributed by atoms with Gasteiger partial charge in [-0.15, -0.1) is 0 Å². The topological polar surface area (TPSA) is 108 Å². The molecule has 0 radical (unpaired) electrons. The van der Waals surface area contributed by atoms with E-state index in [1.165, 1.54) is 0 Å². The van der Waals surface area contributed by atoms with Crippen LogP contribution in [0.15, 0.2) is 24.3 Å². The summed E-state index contributed by atoms with van der Waals surface area (Å²) >= 11 is 0. The Balaban J connectivity index is 1.92. The number of aliphatic carboxylic acids is 1. The minimum Gasteiger partial charge on any atom is -0.481 e. The summed E-state index contributed by atoms with van der Waals surface area (Å²) in [7, 11) is 0. The average molecular weight is 291 g/mol. The largest absolute Gasteiger partial charge is 0.481 e. The first-order valence-corrected chi connectivity index (χ1v) is 6.66. The number of anilines is 1. The summed E-state index contributed by atoms with van der Waals surface area (Å²) in [6, 6.07) is 6.61. The first kappa shape index (κ1) is 15.0. The highest BCUT2D eigenvalue weighted by atomic mass is 16.4. The monoisotopic (exact) mass is 291 g/mol. The number of nitrogens with one attached hydrogen (secondary N) is 3. The Kier molecular flexibility index (Phi) is 4.89. The Labute approximate surface area is 121 Å². The van der Waals surface area contributed by atoms with Crippen LogP contribution in [-0.2, 0) is 20.8 Å². The summed E-state index contributed by atoms with van der Waals surface area (Å²) in [4.78, 5) is 33.6. The fourth-order valence-corrected chi connectivity index (χ4v) is 2.04. The number of carboxylic acid groups (broad SMARTS) is 1. The van der Waals surface area contributed by atoms with Gasteiger partial charge in [0.1, 0.15) is 6.04 Å². The molecule has 7 nitrogen and oxygen atoms in total. The second-order valence-electron chi connectivity index (χ2n) is 4.82. The van der Waals surface area contributed by atoms with Crippen LogP contribution in [0.25, 0.3) is 0 Å². The lowest BCUT2D eigenvalue weighted by Crippen LogP contribution is -2.56. The van der Waals surface area contributed by atoms with E-state index in [1.54, 1.807) is 18.2 Å². The van der Waals surface area contributed by atoms with E-state index >= 15 is 0 Å². The number of carbonyl (C=O) groups is 3. The van der Waals surface area contributed by atoms with E-state index in [2.05, 4.69) is 16.0 Å². The molecule has 0 aromatic heterocycles. The van der Waals surface area contributed by atoms with Gasteiger partial charge in [-0.1, -0.05) is 12.1 Å². The highest BCUT2D eigenvalue weighted by Gasteiger charge is 2.23. The maximum absolute atomic E-state index is 12.0. The third-order valence-electron chi connectivity index (χ3n) is 3.15. The zero-order valence-corrected chi connectivity index (χ0v) is 11.4. The fourth-order valence-electron chi connectivity index (χ4n) is 2.04. The van der Waals surface area contributed by atoms with Crippen molar-refractivity contribution in [3.05, 3.63) is 29.8 Å². The third-order valence-corrected chi connectivity index (χ3v) is 3.15. The summed E-state index contributed by atoms with van der Waals surface area (Å²) in [5.74, 6) is -1.22. The van der Waals surface area contributed by atoms with Crippen molar-refractivity contribution in [1.82, 2.24) is 10.6 Å². The zero-order chi connectivity index (χ0) is 15.2. The standard InChI is InChI=1S/C14H17N3O4/c18-12-8-15-11(7-16-12)14(21)17-10-3-1-2-9(6-10)4-5-13(19)20/h1-3,6,11,15H,4-5,7-8H2,(H,16,18)(H,17,21)(H,19,20). The van der Waals surface area contributed by atoms with Gasteiger partial charge in [0, 0.05) is 18.7 Å². The van der Waals surface area contributed by atoms with Gasteiger partial charge in [0.2, 0.25) is 11.8 Å². The predicted octanol–water partition coefficient (Wildman–Crippen LogP) is -0.270. The summed E-state index contributed by atoms with van der Waals surface area (Å²) in [5, 5.41) is 16.9. The molecule has 2 rings (SSSR count). The minimum absolute atomic E-state index is 0.0492. The molecular formula is C14H17N3O4. The van der Waals surface area contributed by atoms with Crippen LogP contribution in [0.2, 0.25) is 0 Å². The molecule has 1 aliphatic rings. The van der Waals surface area contributed by atoms with Crippen molar-refractivity contribution in [1.29, 1.82) is 0 Å². The van der Waals surface area contributed by atoms with Gasteiger partial charge < -0.3 is 15.7 Å². The van der Waals surface area contributed by atoms with Crippen molar-refractivity contribution in [2.24, 2.45) is 0 Å². The molecule has 1 fully saturated rings. The van der Waals surface area contributed by atoms with Gasteiger partial charge in [-0.2, -0.15) is 0 Å². The Morgan fingerprint density at radius 1 is 1.38 bits per heavy atom. The van der Waals surface area contributed by atoms with Crippen LogP contribution >= 0.6 is 0 Å².